The van der Waals surface area contributed by atoms with E-state index in [0.29, 0.717) is 28.6 Å². The second-order valence-electron chi connectivity index (χ2n) is 5.95. The molecule has 1 heterocycles. The molecular weight excluding hydrogens is 368 g/mol. The highest BCUT2D eigenvalue weighted by Crippen LogP contribution is 2.25. The van der Waals surface area contributed by atoms with Crippen molar-refractivity contribution >= 4 is 41.2 Å². The van der Waals surface area contributed by atoms with Gasteiger partial charge in [-0.1, -0.05) is 29.3 Å². The van der Waals surface area contributed by atoms with E-state index >= 15 is 0 Å². The predicted molar refractivity (Wildman–Crippen MR) is 103 cm³/mol. The van der Waals surface area contributed by atoms with Crippen LogP contribution in [0.25, 0.3) is 6.08 Å². The molecule has 6 nitrogen and oxygen atoms in total. The van der Waals surface area contributed by atoms with Gasteiger partial charge in [0, 0.05) is 5.02 Å². The number of amides is 4. The molecule has 0 atom stereocenters. The van der Waals surface area contributed by atoms with Crippen LogP contribution in [0.5, 0.6) is 5.75 Å². The first-order chi connectivity index (χ1) is 12.9. The first-order valence-electron chi connectivity index (χ1n) is 8.30. The van der Waals surface area contributed by atoms with Crippen LogP contribution in [0, 0.1) is 6.92 Å². The van der Waals surface area contributed by atoms with E-state index in [1.54, 1.807) is 42.5 Å². The number of hydrogen-bond acceptors (Lipinski definition) is 4. The second-order valence-corrected chi connectivity index (χ2v) is 6.38. The Balaban J connectivity index is 2.00. The Morgan fingerprint density at radius 1 is 1.11 bits per heavy atom. The molecule has 1 N–H and O–H groups in total. The third-order valence-electron chi connectivity index (χ3n) is 3.91. The highest BCUT2D eigenvalue weighted by molar-refractivity contribution is 6.39. The lowest BCUT2D eigenvalue weighted by atomic mass is 10.1. The minimum absolute atomic E-state index is 0.167. The third-order valence-corrected chi connectivity index (χ3v) is 4.13. The van der Waals surface area contributed by atoms with Crippen LogP contribution in [0.2, 0.25) is 5.02 Å². The van der Waals surface area contributed by atoms with Gasteiger partial charge in [-0.25, -0.2) is 9.69 Å². The van der Waals surface area contributed by atoms with Gasteiger partial charge in [-0.05, 0) is 55.8 Å². The van der Waals surface area contributed by atoms with Crippen molar-refractivity contribution in [3.05, 3.63) is 64.2 Å². The molecule has 138 valence electrons. The van der Waals surface area contributed by atoms with Gasteiger partial charge in [0.05, 0.1) is 12.3 Å². The Morgan fingerprint density at radius 2 is 1.81 bits per heavy atom. The van der Waals surface area contributed by atoms with Crippen LogP contribution in [0.15, 0.2) is 48.0 Å². The number of halogens is 1. The molecule has 0 aromatic heterocycles. The number of hydrogen-bond donors (Lipinski definition) is 1. The van der Waals surface area contributed by atoms with Crippen LogP contribution in [0.1, 0.15) is 18.1 Å². The van der Waals surface area contributed by atoms with Crippen LogP contribution < -0.4 is 15.0 Å². The van der Waals surface area contributed by atoms with E-state index in [1.807, 2.05) is 13.8 Å². The van der Waals surface area contributed by atoms with E-state index in [1.165, 1.54) is 6.08 Å². The molecule has 0 bridgehead atoms. The zero-order valence-electron chi connectivity index (χ0n) is 14.8. The number of urea groups is 1. The van der Waals surface area contributed by atoms with Gasteiger partial charge in [0.1, 0.15) is 11.3 Å². The minimum Gasteiger partial charge on any atom is -0.494 e. The van der Waals surface area contributed by atoms with Crippen LogP contribution >= 0.6 is 11.6 Å². The fourth-order valence-corrected chi connectivity index (χ4v) is 2.90. The molecule has 4 amide bonds. The summed E-state index contributed by atoms with van der Waals surface area (Å²) in [6.07, 6.45) is 1.39. The van der Waals surface area contributed by atoms with E-state index in [-0.39, 0.29) is 5.57 Å². The molecule has 0 unspecified atom stereocenters. The number of nitrogens with one attached hydrogen (secondary N) is 1. The Hall–Kier alpha value is -3.12. The van der Waals surface area contributed by atoms with Crippen molar-refractivity contribution in [2.45, 2.75) is 13.8 Å². The van der Waals surface area contributed by atoms with E-state index in [2.05, 4.69) is 5.32 Å². The average Bonchev–Trinajstić information content (AvgIpc) is 2.60. The summed E-state index contributed by atoms with van der Waals surface area (Å²) in [6.45, 7) is 4.18. The normalized spacial score (nSPS) is 15.9. The van der Waals surface area contributed by atoms with Crippen LogP contribution in [-0.2, 0) is 9.59 Å². The Kier molecular flexibility index (Phi) is 5.28. The highest BCUT2D eigenvalue weighted by Gasteiger charge is 2.36. The lowest BCUT2D eigenvalue weighted by Gasteiger charge is -2.26. The van der Waals surface area contributed by atoms with Crippen molar-refractivity contribution in [2.24, 2.45) is 0 Å². The number of barbiturate groups is 1. The number of aryl methyl sites for hydroxylation is 1. The maximum atomic E-state index is 12.8. The number of rotatable bonds is 4. The van der Waals surface area contributed by atoms with E-state index in [4.69, 9.17) is 16.3 Å². The van der Waals surface area contributed by atoms with Gasteiger partial charge in [-0.15, -0.1) is 0 Å². The van der Waals surface area contributed by atoms with Gasteiger partial charge >= 0.3 is 6.03 Å². The van der Waals surface area contributed by atoms with Crippen molar-refractivity contribution in [2.75, 3.05) is 11.5 Å². The van der Waals surface area contributed by atoms with Gasteiger partial charge in [-0.2, -0.15) is 0 Å². The topological polar surface area (TPSA) is 75.7 Å². The molecule has 1 aliphatic rings. The number of imide groups is 2. The molecule has 7 heteroatoms. The fourth-order valence-electron chi connectivity index (χ4n) is 2.67. The second kappa shape index (κ2) is 7.63. The Morgan fingerprint density at radius 3 is 2.48 bits per heavy atom. The Bertz CT molecular complexity index is 951. The number of benzene rings is 2. The van der Waals surface area contributed by atoms with Crippen LogP contribution in [0.3, 0.4) is 0 Å². The molecule has 0 radical (unpaired) electrons. The fraction of sp³-hybridized carbons (Fsp3) is 0.150. The molecule has 2 aromatic carbocycles. The molecule has 0 aliphatic carbocycles. The summed E-state index contributed by atoms with van der Waals surface area (Å²) < 4.78 is 5.43. The van der Waals surface area contributed by atoms with Crippen molar-refractivity contribution < 1.29 is 19.1 Å². The molecule has 1 aliphatic heterocycles. The molecular formula is C20H17ClN2O4. The van der Waals surface area contributed by atoms with E-state index in [9.17, 15) is 14.4 Å². The summed E-state index contributed by atoms with van der Waals surface area (Å²) in [6, 6.07) is 11.0. The van der Waals surface area contributed by atoms with Gasteiger partial charge in [0.2, 0.25) is 0 Å². The summed E-state index contributed by atoms with van der Waals surface area (Å²) in [4.78, 5) is 38.2. The standard InChI is InChI=1S/C20H17ClN2O4/c1-3-27-16-9-13(8-14(21)11-16)10-17-18(24)22-20(26)23(19(17)25)15-6-4-12(2)5-7-15/h4-11H,3H2,1-2H3,(H,22,24,26)/b17-10+. The SMILES string of the molecule is CCOc1cc(Cl)cc(/C=C2\C(=O)NC(=O)N(c3ccc(C)cc3)C2=O)c1. The molecule has 3 rings (SSSR count). The molecule has 0 spiro atoms. The van der Waals surface area contributed by atoms with Crippen LogP contribution in [-0.4, -0.2) is 24.5 Å². The molecule has 0 saturated carbocycles. The van der Waals surface area contributed by atoms with Gasteiger partial charge in [0.25, 0.3) is 11.8 Å². The maximum Gasteiger partial charge on any atom is 0.335 e. The maximum absolute atomic E-state index is 12.8. The van der Waals surface area contributed by atoms with Crippen molar-refractivity contribution in [3.63, 3.8) is 0 Å². The summed E-state index contributed by atoms with van der Waals surface area (Å²) in [5.41, 5.74) is 1.71. The first-order valence-corrected chi connectivity index (χ1v) is 8.68. The van der Waals surface area contributed by atoms with Gasteiger partial charge < -0.3 is 4.74 Å². The number of ether oxygens (including phenoxy) is 1. The Labute approximate surface area is 161 Å². The number of carbonyl (C=O) groups is 3. The molecule has 1 saturated heterocycles. The van der Waals surface area contributed by atoms with Gasteiger partial charge in [-0.3, -0.25) is 14.9 Å². The average molecular weight is 385 g/mol. The molecule has 1 fully saturated rings. The summed E-state index contributed by atoms with van der Waals surface area (Å²) in [7, 11) is 0. The van der Waals surface area contributed by atoms with Crippen molar-refractivity contribution in [1.82, 2.24) is 5.32 Å². The molecule has 27 heavy (non-hydrogen) atoms. The largest absolute Gasteiger partial charge is 0.494 e. The lowest BCUT2D eigenvalue weighted by Crippen LogP contribution is -2.54. The summed E-state index contributed by atoms with van der Waals surface area (Å²) in [5.74, 6) is -0.941. The number of anilines is 1. The minimum atomic E-state index is -0.785. The monoisotopic (exact) mass is 384 g/mol. The quantitative estimate of drug-likeness (QED) is 0.644. The third kappa shape index (κ3) is 4.01. The number of carbonyl (C=O) groups excluding carboxylic acids is 3. The first kappa shape index (κ1) is 18.7. The van der Waals surface area contributed by atoms with E-state index < -0.39 is 17.8 Å². The zero-order chi connectivity index (χ0) is 19.6. The number of nitrogens with zero attached hydrogens (tertiary/aromatic N) is 1. The zero-order valence-corrected chi connectivity index (χ0v) is 15.5. The van der Waals surface area contributed by atoms with Gasteiger partial charge in [0.15, 0.2) is 0 Å². The predicted octanol–water partition coefficient (Wildman–Crippen LogP) is 3.71. The summed E-state index contributed by atoms with van der Waals surface area (Å²) in [5, 5.41) is 2.60. The smallest absolute Gasteiger partial charge is 0.335 e. The van der Waals surface area contributed by atoms with Crippen molar-refractivity contribution in [1.29, 1.82) is 0 Å². The van der Waals surface area contributed by atoms with E-state index in [0.717, 1.165) is 10.5 Å². The lowest BCUT2D eigenvalue weighted by molar-refractivity contribution is -0.122. The summed E-state index contributed by atoms with van der Waals surface area (Å²) >= 11 is 6.08. The van der Waals surface area contributed by atoms with Crippen molar-refractivity contribution in [3.8, 4) is 5.75 Å². The highest BCUT2D eigenvalue weighted by atomic mass is 35.5. The van der Waals surface area contributed by atoms with Crippen LogP contribution in [0.4, 0.5) is 10.5 Å². The molecule has 2 aromatic rings.